The second-order valence-corrected chi connectivity index (χ2v) is 0.519. The summed E-state index contributed by atoms with van der Waals surface area (Å²) in [5.74, 6) is -0.833. The molecule has 0 aliphatic rings. The normalized spacial score (nSPS) is 4.17. The van der Waals surface area contributed by atoms with Crippen LogP contribution in [-0.2, 0) is 4.79 Å². The highest BCUT2D eigenvalue weighted by molar-refractivity contribution is 14.0. The van der Waals surface area contributed by atoms with Crippen LogP contribution < -0.4 is 0 Å². The van der Waals surface area contributed by atoms with Crippen LogP contribution in [0, 0.1) is 0 Å². The summed E-state index contributed by atoms with van der Waals surface area (Å²) in [6, 6.07) is 0. The average molecular weight is 269 g/mol. The predicted molar refractivity (Wildman–Crippen MR) is 39.0 cm³/mol. The molecule has 0 radical (unpaired) electrons. The third-order valence-electron chi connectivity index (χ3n) is 0. The smallest absolute Gasteiger partial charge is 0.300 e. The van der Waals surface area contributed by atoms with Crippen LogP contribution in [0.25, 0.3) is 0 Å². The maximum Gasteiger partial charge on any atom is 0.300 e. The van der Waals surface area contributed by atoms with E-state index in [1.807, 2.05) is 0 Å². The highest BCUT2D eigenvalue weighted by atomic mass is 127. The fourth-order valence-corrected chi connectivity index (χ4v) is 0. The van der Waals surface area contributed by atoms with Crippen molar-refractivity contribution in [2.45, 2.75) is 6.92 Å². The third kappa shape index (κ3) is 137. The van der Waals surface area contributed by atoms with Gasteiger partial charge in [0.25, 0.3) is 5.97 Å². The van der Waals surface area contributed by atoms with E-state index in [1.54, 1.807) is 0 Å². The van der Waals surface area contributed by atoms with Crippen molar-refractivity contribution in [1.82, 2.24) is 0 Å². The number of hydrogen-bond acceptors (Lipinski definition) is 1. The second-order valence-electron chi connectivity index (χ2n) is 0.519. The van der Waals surface area contributed by atoms with Crippen LogP contribution in [0.4, 0.5) is 0 Å². The van der Waals surface area contributed by atoms with E-state index in [0.29, 0.717) is 0 Å². The van der Waals surface area contributed by atoms with Gasteiger partial charge in [0.1, 0.15) is 0 Å². The minimum absolute atomic E-state index is 0. The summed E-state index contributed by atoms with van der Waals surface area (Å²) in [5, 5.41) is 7.42. The predicted octanol–water partition coefficient (Wildman–Crippen LogP) is 1.29. The van der Waals surface area contributed by atoms with Gasteiger partial charge in [0.05, 0.1) is 0 Å². The topological polar surface area (TPSA) is 37.3 Å². The molecule has 0 aromatic carbocycles. The molecule has 0 bridgehead atoms. The summed E-state index contributed by atoms with van der Waals surface area (Å²) in [6.45, 7) is 1.08. The zero-order valence-corrected chi connectivity index (χ0v) is 7.22. The Bertz CT molecular complexity index is 34.5. The first-order chi connectivity index (χ1) is 1.73. The van der Waals surface area contributed by atoms with Gasteiger partial charge in [-0.1, -0.05) is 0 Å². The monoisotopic (exact) mass is 268 g/mol. The SMILES string of the molecule is Br.CC(=O)O.I. The molecule has 0 atom stereocenters. The minimum Gasteiger partial charge on any atom is -0.481 e. The molecule has 0 aliphatic carbocycles. The Balaban J connectivity index is -0.0000000450. The first-order valence-electron chi connectivity index (χ1n) is 0.928. The number of carboxylic acid groups (broad SMARTS) is 1. The van der Waals surface area contributed by atoms with E-state index in [2.05, 4.69) is 0 Å². The Morgan fingerprint density at radius 1 is 1.67 bits per heavy atom. The zero-order valence-electron chi connectivity index (χ0n) is 3.17. The van der Waals surface area contributed by atoms with Gasteiger partial charge in [0.2, 0.25) is 0 Å². The van der Waals surface area contributed by atoms with Gasteiger partial charge < -0.3 is 5.11 Å². The molecule has 0 aromatic heterocycles. The van der Waals surface area contributed by atoms with Crippen LogP contribution in [0.15, 0.2) is 0 Å². The molecule has 0 rings (SSSR count). The largest absolute Gasteiger partial charge is 0.481 e. The standard InChI is InChI=1S/C2H4O2.BrH.HI/c1-2(3)4;;/h1H3,(H,3,4);2*1H. The summed E-state index contributed by atoms with van der Waals surface area (Å²) in [6.07, 6.45) is 0. The molecule has 0 fully saturated rings. The van der Waals surface area contributed by atoms with Crippen LogP contribution in [0.2, 0.25) is 0 Å². The fraction of sp³-hybridized carbons (Fsp3) is 0.500. The van der Waals surface area contributed by atoms with Crippen molar-refractivity contribution in [2.24, 2.45) is 0 Å². The number of rotatable bonds is 0. The molecule has 0 aliphatic heterocycles. The Morgan fingerprint density at radius 2 is 1.67 bits per heavy atom. The molecule has 2 nitrogen and oxygen atoms in total. The van der Waals surface area contributed by atoms with Crippen molar-refractivity contribution in [3.8, 4) is 0 Å². The van der Waals surface area contributed by atoms with E-state index in [0.717, 1.165) is 6.92 Å². The summed E-state index contributed by atoms with van der Waals surface area (Å²) in [4.78, 5) is 9.00. The van der Waals surface area contributed by atoms with Crippen LogP contribution in [0.3, 0.4) is 0 Å². The molecule has 0 spiro atoms. The lowest BCUT2D eigenvalue weighted by Gasteiger charge is -1.59. The van der Waals surface area contributed by atoms with Crippen molar-refractivity contribution in [3.63, 3.8) is 0 Å². The Kier molecular flexibility index (Phi) is 24.4. The van der Waals surface area contributed by atoms with Gasteiger partial charge in [-0.15, -0.1) is 41.0 Å². The van der Waals surface area contributed by atoms with Gasteiger partial charge in [-0.25, -0.2) is 0 Å². The summed E-state index contributed by atoms with van der Waals surface area (Å²) < 4.78 is 0. The Morgan fingerprint density at radius 3 is 1.67 bits per heavy atom. The molecule has 1 N–H and O–H groups in total. The zero-order chi connectivity index (χ0) is 3.58. The van der Waals surface area contributed by atoms with Crippen LogP contribution >= 0.6 is 41.0 Å². The quantitative estimate of drug-likeness (QED) is 0.673. The van der Waals surface area contributed by atoms with Crippen molar-refractivity contribution in [2.75, 3.05) is 0 Å². The molecule has 0 amide bonds. The fourth-order valence-electron chi connectivity index (χ4n) is 0. The van der Waals surface area contributed by atoms with Gasteiger partial charge in [-0.05, 0) is 0 Å². The van der Waals surface area contributed by atoms with Crippen molar-refractivity contribution in [1.29, 1.82) is 0 Å². The molecule has 0 aromatic rings. The van der Waals surface area contributed by atoms with Gasteiger partial charge in [-0.2, -0.15) is 0 Å². The molecule has 6 heavy (non-hydrogen) atoms. The lowest BCUT2D eigenvalue weighted by molar-refractivity contribution is -0.134. The maximum atomic E-state index is 9.00. The maximum absolute atomic E-state index is 9.00. The van der Waals surface area contributed by atoms with Crippen molar-refractivity contribution >= 4 is 46.9 Å². The molecular formula is C2H6BrIO2. The summed E-state index contributed by atoms with van der Waals surface area (Å²) >= 11 is 0. The first-order valence-corrected chi connectivity index (χ1v) is 0.928. The van der Waals surface area contributed by atoms with Gasteiger partial charge >= 0.3 is 0 Å². The molecule has 4 heteroatoms. The van der Waals surface area contributed by atoms with Crippen molar-refractivity contribution in [3.05, 3.63) is 0 Å². The number of halogens is 2. The van der Waals surface area contributed by atoms with E-state index in [9.17, 15) is 0 Å². The molecule has 40 valence electrons. The van der Waals surface area contributed by atoms with E-state index in [-0.39, 0.29) is 41.0 Å². The summed E-state index contributed by atoms with van der Waals surface area (Å²) in [7, 11) is 0. The van der Waals surface area contributed by atoms with Crippen LogP contribution in [0.1, 0.15) is 6.92 Å². The highest BCUT2D eigenvalue weighted by Crippen LogP contribution is 1.42. The number of aliphatic carboxylic acids is 1. The number of carbonyl (C=O) groups is 1. The average Bonchev–Trinajstić information content (AvgIpc) is 0.811. The second kappa shape index (κ2) is 9.19. The van der Waals surface area contributed by atoms with E-state index in [1.165, 1.54) is 0 Å². The molecule has 0 saturated heterocycles. The Hall–Kier alpha value is 0.680. The van der Waals surface area contributed by atoms with Gasteiger partial charge in [0.15, 0.2) is 0 Å². The van der Waals surface area contributed by atoms with Crippen molar-refractivity contribution < 1.29 is 9.90 Å². The lowest BCUT2D eigenvalue weighted by atomic mass is 10.9. The van der Waals surface area contributed by atoms with E-state index in [4.69, 9.17) is 9.90 Å². The van der Waals surface area contributed by atoms with Crippen LogP contribution in [-0.4, -0.2) is 11.1 Å². The number of hydrogen-bond donors (Lipinski definition) is 1. The van der Waals surface area contributed by atoms with E-state index >= 15 is 0 Å². The molecule has 0 saturated carbocycles. The first kappa shape index (κ1) is 15.9. The van der Waals surface area contributed by atoms with E-state index < -0.39 is 5.97 Å². The van der Waals surface area contributed by atoms with Crippen LogP contribution in [0.5, 0.6) is 0 Å². The molecular weight excluding hydrogens is 263 g/mol. The minimum atomic E-state index is -0.833. The molecule has 0 heterocycles. The molecule has 0 unspecified atom stereocenters. The van der Waals surface area contributed by atoms with Gasteiger partial charge in [0, 0.05) is 6.92 Å². The number of carboxylic acids is 1. The highest BCUT2D eigenvalue weighted by Gasteiger charge is 1.65. The van der Waals surface area contributed by atoms with Gasteiger partial charge in [-0.3, -0.25) is 4.79 Å². The summed E-state index contributed by atoms with van der Waals surface area (Å²) in [5.41, 5.74) is 0. The lowest BCUT2D eigenvalue weighted by Crippen LogP contribution is -1.78. The Labute approximate surface area is 63.7 Å². The third-order valence-corrected chi connectivity index (χ3v) is 0.